The lowest BCUT2D eigenvalue weighted by Gasteiger charge is -2.20. The fourth-order valence-electron chi connectivity index (χ4n) is 2.63. The number of benzene rings is 2. The first-order chi connectivity index (χ1) is 12.1. The first-order valence-corrected chi connectivity index (χ1v) is 8.12. The van der Waals surface area contributed by atoms with Gasteiger partial charge in [-0.2, -0.15) is 0 Å². The van der Waals surface area contributed by atoms with E-state index < -0.39 is 0 Å². The zero-order valence-corrected chi connectivity index (χ0v) is 14.0. The summed E-state index contributed by atoms with van der Waals surface area (Å²) in [4.78, 5) is 25.5. The Morgan fingerprint density at radius 3 is 2.60 bits per heavy atom. The molecular formula is C19H20N2O4. The van der Waals surface area contributed by atoms with Gasteiger partial charge in [-0.15, -0.1) is 0 Å². The maximum absolute atomic E-state index is 12.1. The van der Waals surface area contributed by atoms with Crippen LogP contribution in [-0.4, -0.2) is 25.2 Å². The number of fused-ring (bicyclic) bond motifs is 1. The highest BCUT2D eigenvalue weighted by Crippen LogP contribution is 2.32. The molecule has 2 aromatic rings. The van der Waals surface area contributed by atoms with Crippen LogP contribution in [0.4, 0.5) is 5.69 Å². The van der Waals surface area contributed by atoms with E-state index in [9.17, 15) is 9.59 Å². The lowest BCUT2D eigenvalue weighted by Crippen LogP contribution is -2.33. The van der Waals surface area contributed by atoms with E-state index in [0.717, 1.165) is 17.0 Å². The van der Waals surface area contributed by atoms with Crippen LogP contribution in [0.2, 0.25) is 0 Å². The van der Waals surface area contributed by atoms with Crippen LogP contribution in [0.1, 0.15) is 18.9 Å². The maximum atomic E-state index is 12.1. The van der Waals surface area contributed by atoms with Crippen LogP contribution in [0.5, 0.6) is 11.5 Å². The highest BCUT2D eigenvalue weighted by atomic mass is 16.7. The summed E-state index contributed by atoms with van der Waals surface area (Å²) in [7, 11) is 0. The van der Waals surface area contributed by atoms with Gasteiger partial charge in [-0.1, -0.05) is 24.3 Å². The molecule has 1 aliphatic heterocycles. The quantitative estimate of drug-likeness (QED) is 0.877. The summed E-state index contributed by atoms with van der Waals surface area (Å²) in [6, 6.07) is 14.9. The number of nitrogens with one attached hydrogen (secondary N) is 1. The lowest BCUT2D eigenvalue weighted by atomic mass is 10.2. The number of ether oxygens (including phenoxy) is 2. The maximum Gasteiger partial charge on any atom is 0.231 e. The van der Waals surface area contributed by atoms with Crippen molar-refractivity contribution in [2.24, 2.45) is 0 Å². The molecule has 0 atom stereocenters. The Kier molecular flexibility index (Phi) is 5.18. The minimum atomic E-state index is -0.111. The van der Waals surface area contributed by atoms with Crippen molar-refractivity contribution in [1.82, 2.24) is 5.32 Å². The van der Waals surface area contributed by atoms with Crippen molar-refractivity contribution in [3.63, 3.8) is 0 Å². The van der Waals surface area contributed by atoms with Crippen molar-refractivity contribution in [2.45, 2.75) is 19.9 Å². The molecule has 0 spiro atoms. The van der Waals surface area contributed by atoms with Crippen molar-refractivity contribution in [3.05, 3.63) is 54.1 Å². The third-order valence-corrected chi connectivity index (χ3v) is 3.94. The second-order valence-corrected chi connectivity index (χ2v) is 5.72. The monoisotopic (exact) mass is 340 g/mol. The molecule has 0 unspecified atom stereocenters. The van der Waals surface area contributed by atoms with E-state index in [4.69, 9.17) is 9.47 Å². The number of rotatable bonds is 6. The number of hydrogen-bond donors (Lipinski definition) is 1. The summed E-state index contributed by atoms with van der Waals surface area (Å²) < 4.78 is 10.6. The van der Waals surface area contributed by atoms with Gasteiger partial charge in [0.15, 0.2) is 11.5 Å². The van der Waals surface area contributed by atoms with Gasteiger partial charge in [0, 0.05) is 32.1 Å². The zero-order valence-electron chi connectivity index (χ0n) is 14.0. The van der Waals surface area contributed by atoms with Crippen molar-refractivity contribution in [1.29, 1.82) is 0 Å². The van der Waals surface area contributed by atoms with Gasteiger partial charge in [0.25, 0.3) is 0 Å². The molecule has 2 aromatic carbocycles. The van der Waals surface area contributed by atoms with Crippen LogP contribution in [-0.2, 0) is 16.1 Å². The molecule has 0 radical (unpaired) electrons. The van der Waals surface area contributed by atoms with E-state index in [0.29, 0.717) is 18.8 Å². The largest absolute Gasteiger partial charge is 0.454 e. The van der Waals surface area contributed by atoms with Crippen LogP contribution in [0.15, 0.2) is 48.5 Å². The molecule has 0 saturated heterocycles. The Balaban J connectivity index is 1.51. The average Bonchev–Trinajstić information content (AvgIpc) is 3.08. The second-order valence-electron chi connectivity index (χ2n) is 5.72. The van der Waals surface area contributed by atoms with Gasteiger partial charge >= 0.3 is 0 Å². The summed E-state index contributed by atoms with van der Waals surface area (Å²) in [5.41, 5.74) is 1.72. The van der Waals surface area contributed by atoms with Gasteiger partial charge in [0.2, 0.25) is 18.6 Å². The fraction of sp³-hybridized carbons (Fsp3) is 0.263. The Morgan fingerprint density at radius 2 is 1.84 bits per heavy atom. The summed E-state index contributed by atoms with van der Waals surface area (Å²) in [6.07, 6.45) is 0.235. The number of anilines is 1. The summed E-state index contributed by atoms with van der Waals surface area (Å²) >= 11 is 0. The topological polar surface area (TPSA) is 67.9 Å². The molecule has 0 fully saturated rings. The third kappa shape index (κ3) is 4.29. The van der Waals surface area contributed by atoms with E-state index in [1.807, 2.05) is 48.5 Å². The number of para-hydroxylation sites is 1. The van der Waals surface area contributed by atoms with Crippen LogP contribution in [0, 0.1) is 0 Å². The molecule has 0 saturated carbocycles. The highest BCUT2D eigenvalue weighted by Gasteiger charge is 2.15. The van der Waals surface area contributed by atoms with Crippen molar-refractivity contribution in [3.8, 4) is 11.5 Å². The molecule has 6 nitrogen and oxygen atoms in total. The molecular weight excluding hydrogens is 320 g/mol. The van der Waals surface area contributed by atoms with Crippen LogP contribution < -0.4 is 19.7 Å². The Labute approximate surface area is 146 Å². The summed E-state index contributed by atoms with van der Waals surface area (Å²) in [5.74, 6) is 1.21. The Morgan fingerprint density at radius 1 is 1.08 bits per heavy atom. The van der Waals surface area contributed by atoms with Gasteiger partial charge in [-0.05, 0) is 29.8 Å². The number of carbonyl (C=O) groups excluding carboxylic acids is 2. The predicted molar refractivity (Wildman–Crippen MR) is 93.5 cm³/mol. The smallest absolute Gasteiger partial charge is 0.231 e. The van der Waals surface area contributed by atoms with Gasteiger partial charge < -0.3 is 19.7 Å². The molecule has 0 aliphatic carbocycles. The third-order valence-electron chi connectivity index (χ3n) is 3.94. The second kappa shape index (κ2) is 7.70. The molecule has 6 heteroatoms. The molecule has 130 valence electrons. The molecule has 1 heterocycles. The minimum Gasteiger partial charge on any atom is -0.454 e. The van der Waals surface area contributed by atoms with Crippen LogP contribution in [0.25, 0.3) is 0 Å². The van der Waals surface area contributed by atoms with Gasteiger partial charge in [-0.3, -0.25) is 9.59 Å². The van der Waals surface area contributed by atoms with Gasteiger partial charge in [0.05, 0.1) is 0 Å². The zero-order chi connectivity index (χ0) is 17.6. The molecule has 3 rings (SSSR count). The van der Waals surface area contributed by atoms with Crippen molar-refractivity contribution < 1.29 is 19.1 Å². The minimum absolute atomic E-state index is 0.0882. The Hall–Kier alpha value is -3.02. The van der Waals surface area contributed by atoms with E-state index in [-0.39, 0.29) is 25.0 Å². The number of amides is 2. The lowest BCUT2D eigenvalue weighted by molar-refractivity contribution is -0.121. The number of carbonyl (C=O) groups is 2. The van der Waals surface area contributed by atoms with Crippen molar-refractivity contribution in [2.75, 3.05) is 18.2 Å². The highest BCUT2D eigenvalue weighted by molar-refractivity contribution is 5.92. The van der Waals surface area contributed by atoms with Gasteiger partial charge in [-0.25, -0.2) is 0 Å². The number of hydrogen-bond acceptors (Lipinski definition) is 4. The summed E-state index contributed by atoms with van der Waals surface area (Å²) in [5, 5.41) is 2.86. The Bertz CT molecular complexity index is 761. The van der Waals surface area contributed by atoms with Gasteiger partial charge in [0.1, 0.15) is 0 Å². The SMILES string of the molecule is CC(=O)N(CCC(=O)NCc1ccc2c(c1)OCO2)c1ccccc1. The average molecular weight is 340 g/mol. The molecule has 0 bridgehead atoms. The van der Waals surface area contributed by atoms with Crippen LogP contribution in [0.3, 0.4) is 0 Å². The van der Waals surface area contributed by atoms with E-state index in [1.54, 1.807) is 4.90 Å². The molecule has 25 heavy (non-hydrogen) atoms. The first kappa shape index (κ1) is 16.8. The van der Waals surface area contributed by atoms with E-state index >= 15 is 0 Å². The predicted octanol–water partition coefficient (Wildman–Crippen LogP) is 2.47. The first-order valence-electron chi connectivity index (χ1n) is 8.12. The number of nitrogens with zero attached hydrogens (tertiary/aromatic N) is 1. The van der Waals surface area contributed by atoms with E-state index in [2.05, 4.69) is 5.32 Å². The molecule has 1 aliphatic rings. The molecule has 0 aromatic heterocycles. The standard InChI is InChI=1S/C19H20N2O4/c1-14(22)21(16-5-3-2-4-6-16)10-9-19(23)20-12-15-7-8-17-18(11-15)25-13-24-17/h2-8,11H,9-10,12-13H2,1H3,(H,20,23). The van der Waals surface area contributed by atoms with E-state index in [1.165, 1.54) is 6.92 Å². The molecule has 2 amide bonds. The normalized spacial score (nSPS) is 11.9. The van der Waals surface area contributed by atoms with Crippen molar-refractivity contribution >= 4 is 17.5 Å². The summed E-state index contributed by atoms with van der Waals surface area (Å²) in [6.45, 7) is 2.47. The molecule has 1 N–H and O–H groups in total. The fourth-order valence-corrected chi connectivity index (χ4v) is 2.63. The van der Waals surface area contributed by atoms with Crippen LogP contribution >= 0.6 is 0 Å².